The number of nitrogens with one attached hydrogen (secondary N) is 1. The molecule has 3 rings (SSSR count). The summed E-state index contributed by atoms with van der Waals surface area (Å²) in [6, 6.07) is 5.28. The molecule has 0 aliphatic carbocycles. The minimum atomic E-state index is -3.63. The van der Waals surface area contributed by atoms with Gasteiger partial charge >= 0.3 is 18.0 Å². The number of sulfonamides is 1. The van der Waals surface area contributed by atoms with Crippen molar-refractivity contribution < 1.29 is 41.7 Å². The maximum atomic E-state index is 13.1. The van der Waals surface area contributed by atoms with Gasteiger partial charge in [-0.2, -0.15) is 0 Å². The molecule has 1 aromatic rings. The van der Waals surface area contributed by atoms with Crippen molar-refractivity contribution in [1.29, 1.82) is 0 Å². The van der Waals surface area contributed by atoms with Crippen molar-refractivity contribution in [3.63, 3.8) is 0 Å². The molecule has 242 valence electrons. The summed E-state index contributed by atoms with van der Waals surface area (Å²) in [5.74, 6) is -0.545. The molecule has 2 aliphatic heterocycles. The lowest BCUT2D eigenvalue weighted by Gasteiger charge is -2.36. The monoisotopic (exact) mass is 625 g/mol. The van der Waals surface area contributed by atoms with E-state index in [0.29, 0.717) is 24.2 Å². The fourth-order valence-corrected chi connectivity index (χ4v) is 6.43. The second kappa shape index (κ2) is 15.7. The number of carbonyl (C=O) groups is 3. The van der Waals surface area contributed by atoms with Gasteiger partial charge in [0.15, 0.2) is 6.10 Å². The van der Waals surface area contributed by atoms with Crippen LogP contribution in [0.1, 0.15) is 65.4 Å². The molecule has 12 nitrogen and oxygen atoms in total. The highest BCUT2D eigenvalue weighted by atomic mass is 32.2. The number of carbonyl (C=O) groups excluding carboxylic acids is 3. The van der Waals surface area contributed by atoms with E-state index in [0.717, 1.165) is 32.4 Å². The Balaban J connectivity index is 1.55. The van der Waals surface area contributed by atoms with Gasteiger partial charge in [0, 0.05) is 0 Å². The highest BCUT2D eigenvalue weighted by Gasteiger charge is 2.39. The van der Waals surface area contributed by atoms with Crippen LogP contribution in [0.25, 0.3) is 0 Å². The largest absolute Gasteiger partial charge is 0.490 e. The summed E-state index contributed by atoms with van der Waals surface area (Å²) < 4.78 is 49.0. The molecule has 0 radical (unpaired) electrons. The van der Waals surface area contributed by atoms with Gasteiger partial charge < -0.3 is 23.8 Å². The van der Waals surface area contributed by atoms with E-state index in [-0.39, 0.29) is 37.8 Å². The molecule has 0 aromatic heterocycles. The highest BCUT2D eigenvalue weighted by Crippen LogP contribution is 2.21. The van der Waals surface area contributed by atoms with Crippen molar-refractivity contribution in [1.82, 2.24) is 14.5 Å². The van der Waals surface area contributed by atoms with Crippen molar-refractivity contribution in [3.05, 3.63) is 29.8 Å². The van der Waals surface area contributed by atoms with Crippen LogP contribution in [-0.2, 0) is 40.2 Å². The predicted molar refractivity (Wildman–Crippen MR) is 160 cm³/mol. The van der Waals surface area contributed by atoms with Gasteiger partial charge in [0.25, 0.3) is 0 Å². The first-order valence-electron chi connectivity index (χ1n) is 15.0. The third-order valence-electron chi connectivity index (χ3n) is 7.23. The quantitative estimate of drug-likeness (QED) is 0.229. The molecular weight excluding hydrogens is 578 g/mol. The summed E-state index contributed by atoms with van der Waals surface area (Å²) in [5, 5.41) is 0. The number of hydrogen-bond acceptors (Lipinski definition) is 10. The van der Waals surface area contributed by atoms with Crippen LogP contribution in [0.4, 0.5) is 4.79 Å². The molecule has 0 saturated carbocycles. The fourth-order valence-electron chi connectivity index (χ4n) is 5.03. The first kappa shape index (κ1) is 34.6. The molecule has 1 N–H and O–H groups in total. The minimum Gasteiger partial charge on any atom is -0.490 e. The standard InChI is InChI=1S/C30H47N3O9S/c1-6-7-17-43(37,38)31-25(27(34)39-5)18-22-11-13-23(14-12-22)40-21-24-19-33(29(36)41-24)20-26(28(35)42-30(2,3)4)32-15-9-8-10-16-32/h11-14,24-26,31H,6-10,15-21H2,1-5H3. The first-order chi connectivity index (χ1) is 20.3. The maximum absolute atomic E-state index is 13.1. The number of methoxy groups -OCH3 is 1. The van der Waals surface area contributed by atoms with Gasteiger partial charge in [0.05, 0.1) is 26.0 Å². The molecule has 0 bridgehead atoms. The van der Waals surface area contributed by atoms with E-state index in [9.17, 15) is 22.8 Å². The van der Waals surface area contributed by atoms with Crippen LogP contribution < -0.4 is 9.46 Å². The molecule has 3 atom stereocenters. The van der Waals surface area contributed by atoms with E-state index in [4.69, 9.17) is 18.9 Å². The molecule has 2 heterocycles. The number of likely N-dealkylation sites (tertiary alicyclic amines) is 1. The molecule has 13 heteroatoms. The van der Waals surface area contributed by atoms with Gasteiger partial charge in [-0.05, 0) is 77.2 Å². The SMILES string of the molecule is CCCCS(=O)(=O)NC(Cc1ccc(OCC2CN(CC(C(=O)OC(C)(C)C)N3CCCCC3)C(=O)O2)cc1)C(=O)OC. The molecule has 1 amide bonds. The average Bonchev–Trinajstić information content (AvgIpc) is 3.31. The Hall–Kier alpha value is -2.90. The van der Waals surface area contributed by atoms with Gasteiger partial charge in [-0.25, -0.2) is 17.9 Å². The van der Waals surface area contributed by atoms with Gasteiger partial charge in [-0.15, -0.1) is 0 Å². The Labute approximate surface area is 255 Å². The number of unbranched alkanes of at least 4 members (excludes halogenated alkanes) is 1. The third kappa shape index (κ3) is 11.3. The number of nitrogens with zero attached hydrogens (tertiary/aromatic N) is 2. The Bertz CT molecular complexity index is 1180. The molecular formula is C30H47N3O9S. The van der Waals surface area contributed by atoms with E-state index in [2.05, 4.69) is 9.62 Å². The lowest BCUT2D eigenvalue weighted by Crippen LogP contribution is -2.52. The zero-order valence-electron chi connectivity index (χ0n) is 26.0. The predicted octanol–water partition coefficient (Wildman–Crippen LogP) is 2.89. The van der Waals surface area contributed by atoms with E-state index in [1.165, 1.54) is 12.0 Å². The van der Waals surface area contributed by atoms with Crippen molar-refractivity contribution in [3.8, 4) is 5.75 Å². The summed E-state index contributed by atoms with van der Waals surface area (Å²) in [6.07, 6.45) is 3.42. The number of benzene rings is 1. The number of esters is 2. The molecule has 2 aliphatic rings. The number of rotatable bonds is 15. The van der Waals surface area contributed by atoms with E-state index < -0.39 is 45.9 Å². The summed E-state index contributed by atoms with van der Waals surface area (Å²) >= 11 is 0. The molecule has 3 unspecified atom stereocenters. The second-order valence-electron chi connectivity index (χ2n) is 12.1. The van der Waals surface area contributed by atoms with E-state index in [1.807, 2.05) is 27.7 Å². The summed E-state index contributed by atoms with van der Waals surface area (Å²) in [4.78, 5) is 41.7. The van der Waals surface area contributed by atoms with E-state index in [1.54, 1.807) is 24.3 Å². The Morgan fingerprint density at radius 3 is 2.37 bits per heavy atom. The number of hydrogen-bond donors (Lipinski definition) is 1. The normalized spacial score (nSPS) is 19.4. The highest BCUT2D eigenvalue weighted by molar-refractivity contribution is 7.89. The van der Waals surface area contributed by atoms with Crippen molar-refractivity contribution in [2.24, 2.45) is 0 Å². The van der Waals surface area contributed by atoms with Crippen LogP contribution in [0.3, 0.4) is 0 Å². The lowest BCUT2D eigenvalue weighted by molar-refractivity contribution is -0.162. The van der Waals surface area contributed by atoms with Crippen LogP contribution >= 0.6 is 0 Å². The van der Waals surface area contributed by atoms with Gasteiger partial charge in [-0.3, -0.25) is 14.5 Å². The van der Waals surface area contributed by atoms with Crippen LogP contribution in [0.15, 0.2) is 24.3 Å². The molecule has 0 spiro atoms. The number of piperidine rings is 1. The number of cyclic esters (lactones) is 1. The van der Waals surface area contributed by atoms with Crippen molar-refractivity contribution >= 4 is 28.1 Å². The van der Waals surface area contributed by atoms with Crippen LogP contribution in [0.2, 0.25) is 0 Å². The first-order valence-corrected chi connectivity index (χ1v) is 16.7. The van der Waals surface area contributed by atoms with E-state index >= 15 is 0 Å². The van der Waals surface area contributed by atoms with Gasteiger partial charge in [0.1, 0.15) is 30.0 Å². The molecule has 2 saturated heterocycles. The Kier molecular flexibility index (Phi) is 12.6. The van der Waals surface area contributed by atoms with Crippen molar-refractivity contribution in [2.45, 2.75) is 90.0 Å². The molecule has 2 fully saturated rings. The zero-order valence-corrected chi connectivity index (χ0v) is 26.8. The third-order valence-corrected chi connectivity index (χ3v) is 8.70. The number of ether oxygens (including phenoxy) is 4. The second-order valence-corrected chi connectivity index (χ2v) is 14.0. The number of amides is 1. The summed E-state index contributed by atoms with van der Waals surface area (Å²) in [7, 11) is -2.41. The smallest absolute Gasteiger partial charge is 0.410 e. The minimum absolute atomic E-state index is 0.0626. The fraction of sp³-hybridized carbons (Fsp3) is 0.700. The molecule has 43 heavy (non-hydrogen) atoms. The topological polar surface area (TPSA) is 141 Å². The van der Waals surface area contributed by atoms with Crippen LogP contribution in [0.5, 0.6) is 5.75 Å². The maximum Gasteiger partial charge on any atom is 0.410 e. The van der Waals surface area contributed by atoms with Crippen LogP contribution in [-0.4, -0.2) is 106 Å². The molecule has 1 aromatic carbocycles. The summed E-state index contributed by atoms with van der Waals surface area (Å²) in [5.41, 5.74) is 0.0799. The van der Waals surface area contributed by atoms with Crippen LogP contribution in [0, 0.1) is 0 Å². The lowest BCUT2D eigenvalue weighted by atomic mass is 10.1. The average molecular weight is 626 g/mol. The Morgan fingerprint density at radius 1 is 1.09 bits per heavy atom. The van der Waals surface area contributed by atoms with Gasteiger partial charge in [0.2, 0.25) is 10.0 Å². The Morgan fingerprint density at radius 2 is 1.77 bits per heavy atom. The van der Waals surface area contributed by atoms with Gasteiger partial charge in [-0.1, -0.05) is 31.9 Å². The zero-order chi connectivity index (χ0) is 31.6. The van der Waals surface area contributed by atoms with Crippen molar-refractivity contribution in [2.75, 3.05) is 45.6 Å². The summed E-state index contributed by atoms with van der Waals surface area (Å²) in [6.45, 7) is 9.51.